The quantitative estimate of drug-likeness (QED) is 0.797. The zero-order valence-electron chi connectivity index (χ0n) is 15.5. The van der Waals surface area contributed by atoms with Crippen LogP contribution in [0.5, 0.6) is 17.2 Å². The van der Waals surface area contributed by atoms with Crippen molar-refractivity contribution in [3.8, 4) is 17.2 Å². The Kier molecular flexibility index (Phi) is 5.71. The predicted octanol–water partition coefficient (Wildman–Crippen LogP) is 3.90. The van der Waals surface area contributed by atoms with Crippen molar-refractivity contribution < 1.29 is 19.0 Å². The summed E-state index contributed by atoms with van der Waals surface area (Å²) in [6.07, 6.45) is 4.01. The monoisotopic (exact) mass is 375 g/mol. The number of amides is 1. The highest BCUT2D eigenvalue weighted by Crippen LogP contribution is 2.43. The molecule has 0 saturated heterocycles. The Morgan fingerprint density at radius 3 is 2.27 bits per heavy atom. The molecule has 1 heterocycles. The lowest BCUT2D eigenvalue weighted by atomic mass is 9.83. The van der Waals surface area contributed by atoms with E-state index in [0.29, 0.717) is 23.8 Å². The van der Waals surface area contributed by atoms with Crippen molar-refractivity contribution in [3.05, 3.63) is 40.1 Å². The number of nitrogens with one attached hydrogen (secondary N) is 1. The van der Waals surface area contributed by atoms with Gasteiger partial charge in [-0.05, 0) is 42.0 Å². The minimum Gasteiger partial charge on any atom is -0.493 e. The summed E-state index contributed by atoms with van der Waals surface area (Å²) < 4.78 is 16.1. The van der Waals surface area contributed by atoms with Gasteiger partial charge in [-0.3, -0.25) is 4.79 Å². The minimum atomic E-state index is -0.380. The number of carbonyl (C=O) groups is 1. The van der Waals surface area contributed by atoms with Crippen LogP contribution in [-0.2, 0) is 16.8 Å². The van der Waals surface area contributed by atoms with Crippen molar-refractivity contribution in [2.75, 3.05) is 21.3 Å². The zero-order valence-corrected chi connectivity index (χ0v) is 16.3. The molecule has 5 nitrogen and oxygen atoms in total. The predicted molar refractivity (Wildman–Crippen MR) is 102 cm³/mol. The van der Waals surface area contributed by atoms with Crippen LogP contribution in [0.1, 0.15) is 36.1 Å². The number of benzene rings is 1. The Morgan fingerprint density at radius 2 is 1.77 bits per heavy atom. The number of methoxy groups -OCH3 is 3. The first-order valence-electron chi connectivity index (χ1n) is 8.76. The van der Waals surface area contributed by atoms with E-state index in [0.717, 1.165) is 36.1 Å². The van der Waals surface area contributed by atoms with E-state index in [1.54, 1.807) is 32.7 Å². The van der Waals surface area contributed by atoms with Gasteiger partial charge in [0.2, 0.25) is 11.7 Å². The lowest BCUT2D eigenvalue weighted by Crippen LogP contribution is -2.41. The summed E-state index contributed by atoms with van der Waals surface area (Å²) in [7, 11) is 4.75. The van der Waals surface area contributed by atoms with E-state index < -0.39 is 0 Å². The highest BCUT2D eigenvalue weighted by Gasteiger charge is 2.43. The summed E-state index contributed by atoms with van der Waals surface area (Å²) in [5, 5.41) is 5.17. The van der Waals surface area contributed by atoms with E-state index in [1.807, 2.05) is 23.6 Å². The van der Waals surface area contributed by atoms with Crippen molar-refractivity contribution in [2.45, 2.75) is 37.6 Å². The Balaban J connectivity index is 1.79. The molecule has 1 aromatic carbocycles. The van der Waals surface area contributed by atoms with Crippen molar-refractivity contribution in [1.82, 2.24) is 5.32 Å². The fourth-order valence-electron chi connectivity index (χ4n) is 3.70. The molecule has 140 valence electrons. The molecule has 1 aliphatic carbocycles. The molecular formula is C20H25NO4S. The van der Waals surface area contributed by atoms with Gasteiger partial charge >= 0.3 is 0 Å². The van der Waals surface area contributed by atoms with Gasteiger partial charge in [-0.1, -0.05) is 18.9 Å². The first-order chi connectivity index (χ1) is 12.6. The Hall–Kier alpha value is -2.21. The first-order valence-corrected chi connectivity index (χ1v) is 9.63. The van der Waals surface area contributed by atoms with Crippen LogP contribution in [0.3, 0.4) is 0 Å². The van der Waals surface area contributed by atoms with Gasteiger partial charge in [0.05, 0.1) is 26.7 Å². The second kappa shape index (κ2) is 7.99. The maximum Gasteiger partial charge on any atom is 0.231 e. The zero-order chi connectivity index (χ0) is 18.6. The molecule has 0 radical (unpaired) electrons. The number of hydrogen-bond donors (Lipinski definition) is 1. The van der Waals surface area contributed by atoms with Crippen molar-refractivity contribution in [3.63, 3.8) is 0 Å². The van der Waals surface area contributed by atoms with Crippen LogP contribution in [0.15, 0.2) is 29.6 Å². The van der Waals surface area contributed by atoms with Crippen LogP contribution in [0.25, 0.3) is 0 Å². The molecular weight excluding hydrogens is 350 g/mol. The van der Waals surface area contributed by atoms with Gasteiger partial charge in [-0.25, -0.2) is 0 Å². The van der Waals surface area contributed by atoms with Gasteiger partial charge in [-0.15, -0.1) is 11.3 Å². The van der Waals surface area contributed by atoms with Crippen molar-refractivity contribution in [2.24, 2.45) is 0 Å². The van der Waals surface area contributed by atoms with Crippen LogP contribution in [-0.4, -0.2) is 27.2 Å². The lowest BCUT2D eigenvalue weighted by molar-refractivity contribution is -0.126. The second-order valence-corrected chi connectivity index (χ2v) is 7.43. The van der Waals surface area contributed by atoms with Crippen LogP contribution in [0.2, 0.25) is 0 Å². The smallest absolute Gasteiger partial charge is 0.231 e. The van der Waals surface area contributed by atoms with Crippen molar-refractivity contribution in [1.29, 1.82) is 0 Å². The Morgan fingerprint density at radius 1 is 1.12 bits per heavy atom. The van der Waals surface area contributed by atoms with Crippen LogP contribution >= 0.6 is 11.3 Å². The third kappa shape index (κ3) is 3.38. The van der Waals surface area contributed by atoms with E-state index in [2.05, 4.69) is 11.4 Å². The fraction of sp³-hybridized carbons (Fsp3) is 0.450. The first kappa shape index (κ1) is 18.6. The molecule has 6 heteroatoms. The SMILES string of the molecule is COc1cc(CNC(=O)C2(c3cccs3)CCCC2)cc(OC)c1OC. The molecule has 26 heavy (non-hydrogen) atoms. The topological polar surface area (TPSA) is 56.8 Å². The summed E-state index contributed by atoms with van der Waals surface area (Å²) in [4.78, 5) is 14.2. The average Bonchev–Trinajstić information content (AvgIpc) is 3.37. The Labute approximate surface area is 158 Å². The second-order valence-electron chi connectivity index (χ2n) is 6.48. The summed E-state index contributed by atoms with van der Waals surface area (Å²) in [6.45, 7) is 0.419. The molecule has 3 rings (SSSR count). The van der Waals surface area contributed by atoms with E-state index in [-0.39, 0.29) is 11.3 Å². The highest BCUT2D eigenvalue weighted by molar-refractivity contribution is 7.10. The van der Waals surface area contributed by atoms with E-state index >= 15 is 0 Å². The van der Waals surface area contributed by atoms with Crippen LogP contribution in [0, 0.1) is 0 Å². The molecule has 1 amide bonds. The number of rotatable bonds is 7. The highest BCUT2D eigenvalue weighted by atomic mass is 32.1. The summed E-state index contributed by atoms with van der Waals surface area (Å²) in [5.41, 5.74) is 0.529. The van der Waals surface area contributed by atoms with Crippen LogP contribution < -0.4 is 19.5 Å². The van der Waals surface area contributed by atoms with E-state index in [4.69, 9.17) is 14.2 Å². The number of thiophene rings is 1. The number of hydrogen-bond acceptors (Lipinski definition) is 5. The van der Waals surface area contributed by atoms with Crippen LogP contribution in [0.4, 0.5) is 0 Å². The van der Waals surface area contributed by atoms with Crippen molar-refractivity contribution >= 4 is 17.2 Å². The van der Waals surface area contributed by atoms with Gasteiger partial charge in [0.15, 0.2) is 11.5 Å². The van der Waals surface area contributed by atoms with E-state index in [1.165, 1.54) is 0 Å². The molecule has 0 spiro atoms. The maximum absolute atomic E-state index is 13.1. The normalized spacial score (nSPS) is 15.5. The third-order valence-electron chi connectivity index (χ3n) is 5.06. The number of ether oxygens (including phenoxy) is 3. The van der Waals surface area contributed by atoms with Gasteiger partial charge in [0.25, 0.3) is 0 Å². The third-order valence-corrected chi connectivity index (χ3v) is 6.14. The molecule has 0 aliphatic heterocycles. The Bertz CT molecular complexity index is 726. The standard InChI is InChI=1S/C20H25NO4S/c1-23-15-11-14(12-16(24-2)18(15)25-3)13-21-19(22)20(8-4-5-9-20)17-7-6-10-26-17/h6-7,10-12H,4-5,8-9,13H2,1-3H3,(H,21,22). The number of carbonyl (C=O) groups excluding carboxylic acids is 1. The molecule has 1 N–H and O–H groups in total. The minimum absolute atomic E-state index is 0.103. The molecule has 0 unspecified atom stereocenters. The van der Waals surface area contributed by atoms with Gasteiger partial charge in [-0.2, -0.15) is 0 Å². The summed E-state index contributed by atoms with van der Waals surface area (Å²) >= 11 is 1.67. The molecule has 1 aromatic heterocycles. The molecule has 1 aliphatic rings. The fourth-order valence-corrected chi connectivity index (χ4v) is 4.69. The molecule has 0 bridgehead atoms. The largest absolute Gasteiger partial charge is 0.493 e. The molecule has 0 atom stereocenters. The van der Waals surface area contributed by atoms with Gasteiger partial charge in [0.1, 0.15) is 0 Å². The lowest BCUT2D eigenvalue weighted by Gasteiger charge is -2.26. The van der Waals surface area contributed by atoms with Gasteiger partial charge in [0, 0.05) is 11.4 Å². The molecule has 1 fully saturated rings. The van der Waals surface area contributed by atoms with E-state index in [9.17, 15) is 4.79 Å². The van der Waals surface area contributed by atoms with Gasteiger partial charge < -0.3 is 19.5 Å². The maximum atomic E-state index is 13.1. The summed E-state index contributed by atoms with van der Waals surface area (Å²) in [5.74, 6) is 1.83. The summed E-state index contributed by atoms with van der Waals surface area (Å²) in [6, 6.07) is 7.84. The molecule has 2 aromatic rings. The molecule has 1 saturated carbocycles. The average molecular weight is 375 g/mol.